The van der Waals surface area contributed by atoms with E-state index in [1.807, 2.05) is 12.1 Å². The van der Waals surface area contributed by atoms with Crippen LogP contribution in [-0.2, 0) is 9.57 Å². The van der Waals surface area contributed by atoms with E-state index in [0.717, 1.165) is 15.8 Å². The number of benzene rings is 2. The van der Waals surface area contributed by atoms with Crippen molar-refractivity contribution in [2.75, 3.05) is 19.5 Å². The first-order chi connectivity index (χ1) is 11.2. The summed E-state index contributed by atoms with van der Waals surface area (Å²) in [7, 11) is 2.98. The van der Waals surface area contributed by atoms with Crippen LogP contribution < -0.4 is 5.32 Å². The van der Waals surface area contributed by atoms with Gasteiger partial charge in [-0.15, -0.1) is 0 Å². The minimum absolute atomic E-state index is 0.245. The molecule has 0 aliphatic rings. The van der Waals surface area contributed by atoms with Crippen LogP contribution in [0, 0.1) is 0 Å². The van der Waals surface area contributed by atoms with Crippen LogP contribution in [0.15, 0.2) is 36.4 Å². The van der Waals surface area contributed by atoms with Crippen molar-refractivity contribution in [3.63, 3.8) is 0 Å². The molecule has 0 aliphatic carbocycles. The van der Waals surface area contributed by atoms with E-state index in [9.17, 15) is 9.59 Å². The molecule has 2 aromatic rings. The molecule has 0 radical (unpaired) electrons. The topological polar surface area (TPSA) is 67.9 Å². The molecule has 1 N–H and O–H groups in total. The number of ether oxygens (including phenoxy) is 1. The summed E-state index contributed by atoms with van der Waals surface area (Å²) < 4.78 is 5.27. The van der Waals surface area contributed by atoms with Crippen LogP contribution in [0.5, 0.6) is 0 Å². The van der Waals surface area contributed by atoms with E-state index in [1.165, 1.54) is 7.11 Å². The van der Waals surface area contributed by atoms with Crippen molar-refractivity contribution in [3.05, 3.63) is 42.0 Å². The number of carbonyl (C=O) groups excluding carboxylic acids is 2. The number of hydroxylamine groups is 2. The molecule has 24 heavy (non-hydrogen) atoms. The van der Waals surface area contributed by atoms with Crippen LogP contribution in [-0.4, -0.2) is 36.8 Å². The second kappa shape index (κ2) is 6.88. The Kier molecular flexibility index (Phi) is 5.09. The van der Waals surface area contributed by atoms with Gasteiger partial charge in [-0.25, -0.2) is 9.86 Å². The summed E-state index contributed by atoms with van der Waals surface area (Å²) >= 11 is 0. The molecule has 0 spiro atoms. The average molecular weight is 330 g/mol. The molecule has 0 saturated heterocycles. The van der Waals surface area contributed by atoms with Crippen LogP contribution in [0.25, 0.3) is 10.8 Å². The molecule has 128 valence electrons. The van der Waals surface area contributed by atoms with Gasteiger partial charge >= 0.3 is 6.09 Å². The normalized spacial score (nSPS) is 11.2. The van der Waals surface area contributed by atoms with Crippen molar-refractivity contribution in [1.29, 1.82) is 0 Å². The molecule has 0 aliphatic heterocycles. The quantitative estimate of drug-likeness (QED) is 0.869. The standard InChI is InChI=1S/C18H22N2O4/c1-18(2,3)24-17(22)19-15-8-6-7-12-11-13(9-10-14(12)15)16(21)20(4)23-5/h6-11H,1-5H3,(H,19,22). The number of hydrogen-bond donors (Lipinski definition) is 1. The first-order valence-electron chi connectivity index (χ1n) is 7.56. The first-order valence-corrected chi connectivity index (χ1v) is 7.56. The molecule has 0 aromatic heterocycles. The molecule has 0 fully saturated rings. The summed E-state index contributed by atoms with van der Waals surface area (Å²) in [6.07, 6.45) is -0.519. The number of nitrogens with zero attached hydrogens (tertiary/aromatic N) is 1. The maximum absolute atomic E-state index is 12.1. The number of hydrogen-bond acceptors (Lipinski definition) is 4. The highest BCUT2D eigenvalue weighted by molar-refractivity contribution is 6.04. The maximum atomic E-state index is 12.1. The Morgan fingerprint density at radius 2 is 1.83 bits per heavy atom. The van der Waals surface area contributed by atoms with E-state index in [1.54, 1.807) is 52.1 Å². The van der Waals surface area contributed by atoms with E-state index in [4.69, 9.17) is 9.57 Å². The molecule has 6 nitrogen and oxygen atoms in total. The second-order valence-electron chi connectivity index (χ2n) is 6.35. The Bertz CT molecular complexity index is 765. The summed E-state index contributed by atoms with van der Waals surface area (Å²) in [5.41, 5.74) is 0.557. The van der Waals surface area contributed by atoms with Crippen molar-refractivity contribution < 1.29 is 19.2 Å². The fraction of sp³-hybridized carbons (Fsp3) is 0.333. The van der Waals surface area contributed by atoms with Gasteiger partial charge in [0.05, 0.1) is 12.8 Å². The fourth-order valence-electron chi connectivity index (χ4n) is 2.20. The van der Waals surface area contributed by atoms with Crippen molar-refractivity contribution in [2.45, 2.75) is 26.4 Å². The zero-order chi connectivity index (χ0) is 17.9. The van der Waals surface area contributed by atoms with Gasteiger partial charge in [-0.3, -0.25) is 14.9 Å². The Hall–Kier alpha value is -2.60. The summed E-state index contributed by atoms with van der Waals surface area (Å²) in [5, 5.41) is 5.55. The van der Waals surface area contributed by atoms with E-state index in [0.29, 0.717) is 11.3 Å². The largest absolute Gasteiger partial charge is 0.444 e. The lowest BCUT2D eigenvalue weighted by molar-refractivity contribution is -0.0756. The lowest BCUT2D eigenvalue weighted by Crippen LogP contribution is -2.27. The number of carbonyl (C=O) groups is 2. The van der Waals surface area contributed by atoms with Crippen LogP contribution in [0.2, 0.25) is 0 Å². The Morgan fingerprint density at radius 3 is 2.46 bits per heavy atom. The molecule has 2 aromatic carbocycles. The number of rotatable bonds is 3. The van der Waals surface area contributed by atoms with Gasteiger partial charge in [0.25, 0.3) is 5.91 Å². The Labute approximate surface area is 141 Å². The van der Waals surface area contributed by atoms with Gasteiger partial charge in [-0.2, -0.15) is 0 Å². The lowest BCUT2D eigenvalue weighted by Gasteiger charge is -2.20. The highest BCUT2D eigenvalue weighted by atomic mass is 16.7. The monoisotopic (exact) mass is 330 g/mol. The molecule has 0 saturated carbocycles. The van der Waals surface area contributed by atoms with Crippen molar-refractivity contribution >= 4 is 28.5 Å². The van der Waals surface area contributed by atoms with E-state index in [2.05, 4.69) is 5.32 Å². The summed E-state index contributed by atoms with van der Waals surface area (Å²) in [6.45, 7) is 5.42. The third-order valence-corrected chi connectivity index (χ3v) is 3.32. The molecule has 0 unspecified atom stereocenters. The van der Waals surface area contributed by atoms with Gasteiger partial charge in [0.2, 0.25) is 0 Å². The van der Waals surface area contributed by atoms with E-state index >= 15 is 0 Å². The third kappa shape index (κ3) is 4.23. The predicted octanol–water partition coefficient (Wildman–Crippen LogP) is 3.82. The van der Waals surface area contributed by atoms with Crippen molar-refractivity contribution in [2.24, 2.45) is 0 Å². The molecule has 0 bridgehead atoms. The van der Waals surface area contributed by atoms with Gasteiger partial charge in [0.15, 0.2) is 0 Å². The number of nitrogens with one attached hydrogen (secondary N) is 1. The highest BCUT2D eigenvalue weighted by Crippen LogP contribution is 2.25. The van der Waals surface area contributed by atoms with Gasteiger partial charge in [0.1, 0.15) is 5.60 Å². The Balaban J connectivity index is 2.31. The van der Waals surface area contributed by atoms with Gasteiger partial charge < -0.3 is 4.74 Å². The molecule has 6 heteroatoms. The molecule has 0 heterocycles. The SMILES string of the molecule is CON(C)C(=O)c1ccc2c(NC(=O)OC(C)(C)C)cccc2c1. The molecule has 2 rings (SSSR count). The molecule has 0 atom stereocenters. The summed E-state index contributed by atoms with van der Waals surface area (Å²) in [4.78, 5) is 29.0. The third-order valence-electron chi connectivity index (χ3n) is 3.32. The first kappa shape index (κ1) is 17.7. The second-order valence-corrected chi connectivity index (χ2v) is 6.35. The maximum Gasteiger partial charge on any atom is 0.412 e. The minimum Gasteiger partial charge on any atom is -0.444 e. The number of fused-ring (bicyclic) bond motifs is 1. The summed E-state index contributed by atoms with van der Waals surface area (Å²) in [5.74, 6) is -0.245. The predicted molar refractivity (Wildman–Crippen MR) is 92.9 cm³/mol. The lowest BCUT2D eigenvalue weighted by atomic mass is 10.0. The molecule has 2 amide bonds. The van der Waals surface area contributed by atoms with Crippen LogP contribution >= 0.6 is 0 Å². The zero-order valence-electron chi connectivity index (χ0n) is 14.5. The number of anilines is 1. The molecular weight excluding hydrogens is 308 g/mol. The highest BCUT2D eigenvalue weighted by Gasteiger charge is 2.17. The average Bonchev–Trinajstić information content (AvgIpc) is 2.51. The van der Waals surface area contributed by atoms with Crippen LogP contribution in [0.4, 0.5) is 10.5 Å². The molecular formula is C18H22N2O4. The van der Waals surface area contributed by atoms with Crippen molar-refractivity contribution in [3.8, 4) is 0 Å². The van der Waals surface area contributed by atoms with Crippen LogP contribution in [0.1, 0.15) is 31.1 Å². The zero-order valence-corrected chi connectivity index (χ0v) is 14.5. The smallest absolute Gasteiger partial charge is 0.412 e. The van der Waals surface area contributed by atoms with Gasteiger partial charge in [-0.1, -0.05) is 18.2 Å². The summed E-state index contributed by atoms with van der Waals surface area (Å²) in [6, 6.07) is 10.7. The van der Waals surface area contributed by atoms with Gasteiger partial charge in [-0.05, 0) is 44.4 Å². The van der Waals surface area contributed by atoms with Crippen molar-refractivity contribution in [1.82, 2.24) is 5.06 Å². The van der Waals surface area contributed by atoms with Gasteiger partial charge in [0, 0.05) is 18.0 Å². The number of amides is 2. The van der Waals surface area contributed by atoms with E-state index in [-0.39, 0.29) is 5.91 Å². The fourth-order valence-corrected chi connectivity index (χ4v) is 2.20. The minimum atomic E-state index is -0.570. The van der Waals surface area contributed by atoms with Crippen LogP contribution in [0.3, 0.4) is 0 Å². The Morgan fingerprint density at radius 1 is 1.12 bits per heavy atom. The van der Waals surface area contributed by atoms with E-state index < -0.39 is 11.7 Å².